The summed E-state index contributed by atoms with van der Waals surface area (Å²) in [6, 6.07) is 20.4. The smallest absolute Gasteiger partial charge is 0.236 e. The van der Waals surface area contributed by atoms with Crippen LogP contribution in [-0.4, -0.2) is 14.5 Å². The molecule has 0 N–H and O–H groups in total. The SMILES string of the molecule is Sc1cc2c(Cc3ccccc3)cccc2n1-c1nccc(Cl)n1. The third-order valence-corrected chi connectivity index (χ3v) is 4.50. The topological polar surface area (TPSA) is 30.7 Å². The van der Waals surface area contributed by atoms with Crippen LogP contribution in [-0.2, 0) is 6.42 Å². The van der Waals surface area contributed by atoms with E-state index in [0.29, 0.717) is 11.1 Å². The molecule has 2 aromatic heterocycles. The van der Waals surface area contributed by atoms with Gasteiger partial charge in [0.05, 0.1) is 10.5 Å². The van der Waals surface area contributed by atoms with E-state index >= 15 is 0 Å². The molecule has 3 nitrogen and oxygen atoms in total. The lowest BCUT2D eigenvalue weighted by atomic mass is 10.0. The number of halogens is 1. The van der Waals surface area contributed by atoms with Crippen LogP contribution in [0.15, 0.2) is 71.9 Å². The molecule has 4 rings (SSSR count). The monoisotopic (exact) mass is 351 g/mol. The molecule has 0 saturated carbocycles. The first-order valence-corrected chi connectivity index (χ1v) is 8.40. The van der Waals surface area contributed by atoms with Crippen LogP contribution in [0.1, 0.15) is 11.1 Å². The number of nitrogens with zero attached hydrogens (tertiary/aromatic N) is 3. The maximum Gasteiger partial charge on any atom is 0.236 e. The van der Waals surface area contributed by atoms with E-state index in [4.69, 9.17) is 11.6 Å². The van der Waals surface area contributed by atoms with Crippen molar-refractivity contribution in [1.29, 1.82) is 0 Å². The standard InChI is InChI=1S/C19H14ClN3S/c20-17-9-10-21-19(22-17)23-16-8-4-7-14(15(16)12-18(23)24)11-13-5-2-1-3-6-13/h1-10,12,24H,11H2. The van der Waals surface area contributed by atoms with Gasteiger partial charge in [-0.05, 0) is 35.7 Å². The fourth-order valence-electron chi connectivity index (χ4n) is 2.89. The summed E-state index contributed by atoms with van der Waals surface area (Å²) in [7, 11) is 0. The highest BCUT2D eigenvalue weighted by Crippen LogP contribution is 2.29. The zero-order valence-corrected chi connectivity index (χ0v) is 14.4. The van der Waals surface area contributed by atoms with Crippen molar-refractivity contribution in [2.24, 2.45) is 0 Å². The van der Waals surface area contributed by atoms with Gasteiger partial charge in [0, 0.05) is 11.6 Å². The van der Waals surface area contributed by atoms with Crippen LogP contribution in [0.3, 0.4) is 0 Å². The van der Waals surface area contributed by atoms with Crippen molar-refractivity contribution in [1.82, 2.24) is 14.5 Å². The van der Waals surface area contributed by atoms with Crippen LogP contribution in [0.5, 0.6) is 0 Å². The third kappa shape index (κ3) is 2.79. The second-order valence-corrected chi connectivity index (χ2v) is 6.38. The molecule has 0 unspecified atom stereocenters. The highest BCUT2D eigenvalue weighted by Gasteiger charge is 2.13. The van der Waals surface area contributed by atoms with E-state index < -0.39 is 0 Å². The Morgan fingerprint density at radius 3 is 2.62 bits per heavy atom. The third-order valence-electron chi connectivity index (χ3n) is 3.96. The first-order valence-electron chi connectivity index (χ1n) is 7.57. The Hall–Kier alpha value is -2.30. The van der Waals surface area contributed by atoms with Crippen molar-refractivity contribution in [3.05, 3.63) is 83.1 Å². The van der Waals surface area contributed by atoms with Crippen molar-refractivity contribution < 1.29 is 0 Å². The average molecular weight is 352 g/mol. The number of hydrogen-bond donors (Lipinski definition) is 1. The van der Waals surface area contributed by atoms with Crippen molar-refractivity contribution >= 4 is 35.1 Å². The molecule has 118 valence electrons. The van der Waals surface area contributed by atoms with E-state index in [9.17, 15) is 0 Å². The molecule has 5 heteroatoms. The molecular formula is C19H14ClN3S. The molecule has 24 heavy (non-hydrogen) atoms. The molecule has 0 aliphatic carbocycles. The zero-order valence-electron chi connectivity index (χ0n) is 12.7. The van der Waals surface area contributed by atoms with Gasteiger partial charge in [-0.15, -0.1) is 12.6 Å². The molecule has 0 radical (unpaired) electrons. The fraction of sp³-hybridized carbons (Fsp3) is 0.0526. The molecule has 2 aromatic carbocycles. The van der Waals surface area contributed by atoms with Gasteiger partial charge >= 0.3 is 0 Å². The Balaban J connectivity index is 1.86. The van der Waals surface area contributed by atoms with Crippen molar-refractivity contribution in [3.8, 4) is 5.95 Å². The molecule has 0 bridgehead atoms. The number of fused-ring (bicyclic) bond motifs is 1. The predicted octanol–water partition coefficient (Wildman–Crippen LogP) is 4.95. The van der Waals surface area contributed by atoms with Crippen LogP contribution in [0.2, 0.25) is 5.15 Å². The van der Waals surface area contributed by atoms with Crippen LogP contribution >= 0.6 is 24.2 Å². The summed E-state index contributed by atoms with van der Waals surface area (Å²) in [5.74, 6) is 0.527. The summed E-state index contributed by atoms with van der Waals surface area (Å²) in [6.45, 7) is 0. The second kappa shape index (κ2) is 6.30. The molecule has 0 aliphatic rings. The number of benzene rings is 2. The lowest BCUT2D eigenvalue weighted by Gasteiger charge is -2.07. The quantitative estimate of drug-likeness (QED) is 0.418. The van der Waals surface area contributed by atoms with Crippen molar-refractivity contribution in [3.63, 3.8) is 0 Å². The Labute approximate surface area is 150 Å². The maximum absolute atomic E-state index is 6.01. The van der Waals surface area contributed by atoms with E-state index in [2.05, 4.69) is 65.1 Å². The van der Waals surface area contributed by atoms with Gasteiger partial charge in [0.15, 0.2) is 0 Å². The summed E-state index contributed by atoms with van der Waals surface area (Å²) in [6.07, 6.45) is 2.52. The summed E-state index contributed by atoms with van der Waals surface area (Å²) >= 11 is 10.6. The van der Waals surface area contributed by atoms with E-state index in [-0.39, 0.29) is 0 Å². The van der Waals surface area contributed by atoms with Gasteiger partial charge in [-0.3, -0.25) is 4.57 Å². The van der Waals surface area contributed by atoms with Crippen LogP contribution < -0.4 is 0 Å². The van der Waals surface area contributed by atoms with Gasteiger partial charge in [0.25, 0.3) is 0 Å². The lowest BCUT2D eigenvalue weighted by molar-refractivity contribution is 0.890. The van der Waals surface area contributed by atoms with Crippen LogP contribution in [0, 0.1) is 0 Å². The number of hydrogen-bond acceptors (Lipinski definition) is 3. The first-order chi connectivity index (χ1) is 11.7. The molecule has 0 spiro atoms. The van der Waals surface area contributed by atoms with Gasteiger partial charge in [0.2, 0.25) is 5.95 Å². The minimum atomic E-state index is 0.412. The van der Waals surface area contributed by atoms with E-state index in [1.54, 1.807) is 12.3 Å². The number of rotatable bonds is 3. The summed E-state index contributed by atoms with van der Waals surface area (Å²) in [4.78, 5) is 8.63. The normalized spacial score (nSPS) is 11.1. The Bertz CT molecular complexity index is 1010. The zero-order chi connectivity index (χ0) is 16.5. The molecule has 0 aliphatic heterocycles. The lowest BCUT2D eigenvalue weighted by Crippen LogP contribution is -2.01. The number of aromatic nitrogens is 3. The summed E-state index contributed by atoms with van der Waals surface area (Å²) in [5, 5.41) is 2.35. The van der Waals surface area contributed by atoms with Gasteiger partial charge in [-0.2, -0.15) is 0 Å². The molecule has 0 fully saturated rings. The second-order valence-electron chi connectivity index (χ2n) is 5.53. The van der Waals surface area contributed by atoms with Crippen molar-refractivity contribution in [2.45, 2.75) is 11.4 Å². The minimum absolute atomic E-state index is 0.412. The molecule has 0 saturated heterocycles. The van der Waals surface area contributed by atoms with Crippen LogP contribution in [0.4, 0.5) is 0 Å². The van der Waals surface area contributed by atoms with Gasteiger partial charge < -0.3 is 0 Å². The molecular weight excluding hydrogens is 338 g/mol. The van der Waals surface area contributed by atoms with E-state index in [0.717, 1.165) is 22.3 Å². The van der Waals surface area contributed by atoms with Crippen LogP contribution in [0.25, 0.3) is 16.9 Å². The molecule has 0 amide bonds. The Kier molecular flexibility index (Phi) is 4.00. The highest BCUT2D eigenvalue weighted by molar-refractivity contribution is 7.80. The average Bonchev–Trinajstić information content (AvgIpc) is 2.93. The maximum atomic E-state index is 6.01. The van der Waals surface area contributed by atoms with E-state index in [1.807, 2.05) is 16.7 Å². The Morgan fingerprint density at radius 1 is 1.00 bits per heavy atom. The van der Waals surface area contributed by atoms with Gasteiger partial charge in [-0.25, -0.2) is 9.97 Å². The Morgan fingerprint density at radius 2 is 1.83 bits per heavy atom. The predicted molar refractivity (Wildman–Crippen MR) is 100 cm³/mol. The van der Waals surface area contributed by atoms with Crippen molar-refractivity contribution in [2.75, 3.05) is 0 Å². The van der Waals surface area contributed by atoms with E-state index in [1.165, 1.54) is 11.1 Å². The minimum Gasteiger partial charge on any atom is -0.273 e. The molecule has 4 aromatic rings. The highest BCUT2D eigenvalue weighted by atomic mass is 35.5. The van der Waals surface area contributed by atoms with Gasteiger partial charge in [0.1, 0.15) is 5.15 Å². The summed E-state index contributed by atoms with van der Waals surface area (Å²) in [5.41, 5.74) is 3.54. The largest absolute Gasteiger partial charge is 0.273 e. The number of thiol groups is 1. The fourth-order valence-corrected chi connectivity index (χ4v) is 3.35. The first kappa shape index (κ1) is 15.2. The van der Waals surface area contributed by atoms with Gasteiger partial charge in [-0.1, -0.05) is 54.1 Å². The molecule has 2 heterocycles. The summed E-state index contributed by atoms with van der Waals surface area (Å²) < 4.78 is 1.92. The molecule has 0 atom stereocenters.